The Morgan fingerprint density at radius 1 is 1.19 bits per heavy atom. The van der Waals surface area contributed by atoms with Gasteiger partial charge < -0.3 is 0 Å². The Kier molecular flexibility index (Phi) is 3.68. The summed E-state index contributed by atoms with van der Waals surface area (Å²) in [4.78, 5) is 14.8. The van der Waals surface area contributed by atoms with Gasteiger partial charge in [0, 0.05) is 17.2 Å². The Balaban J connectivity index is 1.92. The summed E-state index contributed by atoms with van der Waals surface area (Å²) in [5.41, 5.74) is 1.82. The molecular weight excluding hydrogens is 308 g/mol. The maximum absolute atomic E-state index is 10.8. The van der Waals surface area contributed by atoms with Gasteiger partial charge in [0.2, 0.25) is 0 Å². The van der Waals surface area contributed by atoms with Crippen LogP contribution in [-0.2, 0) is 0 Å². The van der Waals surface area contributed by atoms with Gasteiger partial charge in [-0.25, -0.2) is 4.98 Å². The van der Waals surface area contributed by atoms with Gasteiger partial charge in [0.05, 0.1) is 15.1 Å². The maximum Gasteiger partial charge on any atom is 0.270 e. The molecule has 0 spiro atoms. The van der Waals surface area contributed by atoms with Crippen LogP contribution in [0, 0.1) is 10.1 Å². The molecule has 0 bridgehead atoms. The number of hydrogen-bond acceptors (Lipinski definition) is 4. The number of nitro benzene ring substituents is 1. The van der Waals surface area contributed by atoms with Crippen molar-refractivity contribution in [3.8, 4) is 0 Å². The Morgan fingerprint density at radius 3 is 2.81 bits per heavy atom. The van der Waals surface area contributed by atoms with Gasteiger partial charge in [0.25, 0.3) is 5.69 Å². The zero-order chi connectivity index (χ0) is 14.8. The SMILES string of the molecule is O=[N+]([O-])c1ccc2nc(/C=C/c3cccc(Cl)c3)sc2c1. The molecule has 104 valence electrons. The number of fused-ring (bicyclic) bond motifs is 1. The highest BCUT2D eigenvalue weighted by atomic mass is 35.5. The van der Waals surface area contributed by atoms with Crippen molar-refractivity contribution in [3.63, 3.8) is 0 Å². The lowest BCUT2D eigenvalue weighted by molar-refractivity contribution is -0.384. The number of thiazole rings is 1. The standard InChI is InChI=1S/C15H9ClN2O2S/c16-11-3-1-2-10(8-11)4-7-15-17-13-6-5-12(18(19)20)9-14(13)21-15/h1-9H/b7-4+. The molecule has 0 atom stereocenters. The van der Waals surface area contributed by atoms with E-state index in [1.54, 1.807) is 12.1 Å². The summed E-state index contributed by atoms with van der Waals surface area (Å²) in [7, 11) is 0. The van der Waals surface area contributed by atoms with E-state index in [4.69, 9.17) is 11.6 Å². The Bertz CT molecular complexity index is 858. The van der Waals surface area contributed by atoms with Crippen molar-refractivity contribution in [1.29, 1.82) is 0 Å². The molecule has 0 fully saturated rings. The third-order valence-electron chi connectivity index (χ3n) is 2.87. The van der Waals surface area contributed by atoms with Crippen LogP contribution >= 0.6 is 22.9 Å². The van der Waals surface area contributed by atoms with Gasteiger partial charge in [0.15, 0.2) is 0 Å². The molecule has 6 heteroatoms. The maximum atomic E-state index is 10.8. The van der Waals surface area contributed by atoms with E-state index < -0.39 is 4.92 Å². The second-order valence-corrected chi connectivity index (χ2v) is 5.85. The van der Waals surface area contributed by atoms with Crippen molar-refractivity contribution < 1.29 is 4.92 Å². The molecule has 3 aromatic rings. The first-order chi connectivity index (χ1) is 10.1. The first kappa shape index (κ1) is 13.7. The number of aromatic nitrogens is 1. The molecule has 0 saturated carbocycles. The van der Waals surface area contributed by atoms with Crippen LogP contribution in [0.1, 0.15) is 10.6 Å². The summed E-state index contributed by atoms with van der Waals surface area (Å²) in [5, 5.41) is 12.2. The van der Waals surface area contributed by atoms with Crippen LogP contribution in [0.25, 0.3) is 22.4 Å². The van der Waals surface area contributed by atoms with Crippen LogP contribution in [0.15, 0.2) is 42.5 Å². The number of nitro groups is 1. The molecule has 0 N–H and O–H groups in total. The van der Waals surface area contributed by atoms with Crippen LogP contribution in [0.3, 0.4) is 0 Å². The summed E-state index contributed by atoms with van der Waals surface area (Å²) >= 11 is 7.34. The lowest BCUT2D eigenvalue weighted by Crippen LogP contribution is -1.85. The third-order valence-corrected chi connectivity index (χ3v) is 4.08. The smallest absolute Gasteiger partial charge is 0.258 e. The van der Waals surface area contributed by atoms with Crippen molar-refractivity contribution in [2.45, 2.75) is 0 Å². The summed E-state index contributed by atoms with van der Waals surface area (Å²) < 4.78 is 0.801. The monoisotopic (exact) mass is 316 g/mol. The number of hydrogen-bond donors (Lipinski definition) is 0. The second-order valence-electron chi connectivity index (χ2n) is 4.35. The quantitative estimate of drug-likeness (QED) is 0.503. The number of non-ortho nitro benzene ring substituents is 1. The number of rotatable bonds is 3. The highest BCUT2D eigenvalue weighted by Gasteiger charge is 2.09. The lowest BCUT2D eigenvalue weighted by atomic mass is 10.2. The van der Waals surface area contributed by atoms with Crippen LogP contribution in [0.2, 0.25) is 5.02 Å². The molecule has 3 rings (SSSR count). The average Bonchev–Trinajstić information content (AvgIpc) is 2.87. The van der Waals surface area contributed by atoms with Crippen LogP contribution < -0.4 is 0 Å². The van der Waals surface area contributed by atoms with E-state index in [-0.39, 0.29) is 5.69 Å². The molecule has 0 aliphatic carbocycles. The minimum Gasteiger partial charge on any atom is -0.258 e. The van der Waals surface area contributed by atoms with Crippen molar-refractivity contribution in [3.05, 3.63) is 68.2 Å². The fraction of sp³-hybridized carbons (Fsp3) is 0. The molecule has 21 heavy (non-hydrogen) atoms. The topological polar surface area (TPSA) is 56.0 Å². The molecular formula is C15H9ClN2O2S. The highest BCUT2D eigenvalue weighted by Crippen LogP contribution is 2.27. The molecule has 0 aliphatic rings. The largest absolute Gasteiger partial charge is 0.270 e. The fourth-order valence-corrected chi connectivity index (χ4v) is 3.00. The first-order valence-electron chi connectivity index (χ1n) is 6.10. The fourth-order valence-electron chi connectivity index (χ4n) is 1.89. The molecule has 1 aromatic heterocycles. The Hall–Kier alpha value is -2.24. The van der Waals surface area contributed by atoms with Crippen molar-refractivity contribution in [2.75, 3.05) is 0 Å². The van der Waals surface area contributed by atoms with E-state index in [0.717, 1.165) is 20.8 Å². The van der Waals surface area contributed by atoms with E-state index in [9.17, 15) is 10.1 Å². The van der Waals surface area contributed by atoms with E-state index in [1.165, 1.54) is 17.4 Å². The van der Waals surface area contributed by atoms with Crippen LogP contribution in [-0.4, -0.2) is 9.91 Å². The highest BCUT2D eigenvalue weighted by molar-refractivity contribution is 7.19. The van der Waals surface area contributed by atoms with Gasteiger partial charge >= 0.3 is 0 Å². The van der Waals surface area contributed by atoms with E-state index >= 15 is 0 Å². The summed E-state index contributed by atoms with van der Waals surface area (Å²) in [6.07, 6.45) is 3.79. The molecule has 0 aliphatic heterocycles. The lowest BCUT2D eigenvalue weighted by Gasteiger charge is -1.92. The molecule has 0 amide bonds. The Labute approximate surface area is 129 Å². The molecule has 2 aromatic carbocycles. The van der Waals surface area contributed by atoms with Crippen molar-refractivity contribution >= 4 is 51.0 Å². The van der Waals surface area contributed by atoms with E-state index in [1.807, 2.05) is 36.4 Å². The third kappa shape index (κ3) is 3.09. The summed E-state index contributed by atoms with van der Waals surface area (Å²) in [5.74, 6) is 0. The van der Waals surface area contributed by atoms with Gasteiger partial charge in [0.1, 0.15) is 5.01 Å². The summed E-state index contributed by atoms with van der Waals surface area (Å²) in [6.45, 7) is 0. The van der Waals surface area contributed by atoms with E-state index in [2.05, 4.69) is 4.98 Å². The molecule has 0 radical (unpaired) electrons. The van der Waals surface area contributed by atoms with Crippen LogP contribution in [0.5, 0.6) is 0 Å². The molecule has 0 saturated heterocycles. The predicted molar refractivity (Wildman–Crippen MR) is 86.7 cm³/mol. The van der Waals surface area contributed by atoms with Gasteiger partial charge in [-0.2, -0.15) is 0 Å². The molecule has 0 unspecified atom stereocenters. The summed E-state index contributed by atoms with van der Waals surface area (Å²) in [6, 6.07) is 12.2. The second kappa shape index (κ2) is 5.63. The van der Waals surface area contributed by atoms with Gasteiger partial charge in [-0.1, -0.05) is 29.8 Å². The zero-order valence-electron chi connectivity index (χ0n) is 10.7. The van der Waals surface area contributed by atoms with E-state index in [0.29, 0.717) is 5.02 Å². The first-order valence-corrected chi connectivity index (χ1v) is 7.30. The number of halogens is 1. The van der Waals surface area contributed by atoms with Crippen molar-refractivity contribution in [1.82, 2.24) is 4.98 Å². The molecule has 4 nitrogen and oxygen atoms in total. The van der Waals surface area contributed by atoms with Gasteiger partial charge in [-0.05, 0) is 29.8 Å². The zero-order valence-corrected chi connectivity index (χ0v) is 12.3. The normalized spacial score (nSPS) is 11.3. The molecule has 1 heterocycles. The average molecular weight is 317 g/mol. The van der Waals surface area contributed by atoms with Crippen LogP contribution in [0.4, 0.5) is 5.69 Å². The van der Waals surface area contributed by atoms with Gasteiger partial charge in [-0.3, -0.25) is 10.1 Å². The predicted octanol–water partition coefficient (Wildman–Crippen LogP) is 5.03. The number of benzene rings is 2. The van der Waals surface area contributed by atoms with Gasteiger partial charge in [-0.15, -0.1) is 11.3 Å². The van der Waals surface area contributed by atoms with Crippen molar-refractivity contribution in [2.24, 2.45) is 0 Å². The minimum atomic E-state index is -0.402. The number of nitrogens with zero attached hydrogens (tertiary/aromatic N) is 2. The minimum absolute atomic E-state index is 0.0801. The Morgan fingerprint density at radius 2 is 2.05 bits per heavy atom.